The van der Waals surface area contributed by atoms with Crippen LogP contribution in [0.25, 0.3) is 0 Å². The Labute approximate surface area is 252 Å². The lowest BCUT2D eigenvalue weighted by molar-refractivity contribution is -0.123. The van der Waals surface area contributed by atoms with E-state index in [0.717, 1.165) is 27.2 Å². The van der Waals surface area contributed by atoms with Crippen molar-refractivity contribution in [2.24, 2.45) is 11.8 Å². The molecule has 9 nitrogen and oxygen atoms in total. The van der Waals surface area contributed by atoms with Crippen molar-refractivity contribution >= 4 is 46.7 Å². The van der Waals surface area contributed by atoms with Crippen LogP contribution in [0.1, 0.15) is 51.4 Å². The first-order valence-corrected chi connectivity index (χ1v) is 14.3. The first-order chi connectivity index (χ1) is 21.3. The number of carbonyl (C=O) groups is 5. The molecule has 2 atom stereocenters. The van der Waals surface area contributed by atoms with E-state index in [2.05, 4.69) is 10.6 Å². The molecule has 1 saturated heterocycles. The first kappa shape index (κ1) is 27.3. The topological polar surface area (TPSA) is 122 Å². The number of nitrogens with zero attached hydrogens (tertiary/aromatic N) is 1. The molecule has 4 aliphatic rings. The highest BCUT2D eigenvalue weighted by Gasteiger charge is 2.62. The van der Waals surface area contributed by atoms with Crippen molar-refractivity contribution < 1.29 is 28.7 Å². The lowest BCUT2D eigenvalue weighted by Gasteiger charge is -2.45. The van der Waals surface area contributed by atoms with Gasteiger partial charge in [0.05, 0.1) is 23.1 Å². The summed E-state index contributed by atoms with van der Waals surface area (Å²) in [4.78, 5) is 66.5. The second-order valence-corrected chi connectivity index (χ2v) is 11.2. The molecule has 4 aromatic carbocycles. The molecule has 3 aliphatic carbocycles. The minimum atomic E-state index is -0.832. The molecular formula is C35H27N3O6. The van der Waals surface area contributed by atoms with E-state index >= 15 is 0 Å². The Morgan fingerprint density at radius 1 is 0.659 bits per heavy atom. The highest BCUT2D eigenvalue weighted by Crippen LogP contribution is 2.61. The average molecular weight is 586 g/mol. The number of ether oxygens (including phenoxy) is 1. The SMILES string of the molecule is CC(=O)Nc1ccc(NC(=O)COC(=O)c2ccccc2N2C(=O)[C@H]3C4c5ccccc5C(c5ccccc54)[C@@H]3C2=O)cc1. The first-order valence-electron chi connectivity index (χ1n) is 14.3. The maximum atomic E-state index is 14.2. The lowest BCUT2D eigenvalue weighted by atomic mass is 9.55. The predicted molar refractivity (Wildman–Crippen MR) is 162 cm³/mol. The van der Waals surface area contributed by atoms with E-state index in [1.165, 1.54) is 13.0 Å². The molecule has 4 aromatic rings. The van der Waals surface area contributed by atoms with Gasteiger partial charge in [-0.05, 0) is 58.7 Å². The maximum Gasteiger partial charge on any atom is 0.340 e. The summed E-state index contributed by atoms with van der Waals surface area (Å²) in [7, 11) is 0. The summed E-state index contributed by atoms with van der Waals surface area (Å²) in [5.41, 5.74) is 5.42. The quantitative estimate of drug-likeness (QED) is 0.247. The summed E-state index contributed by atoms with van der Waals surface area (Å²) in [6.07, 6.45) is 0. The Morgan fingerprint density at radius 2 is 1.11 bits per heavy atom. The zero-order valence-electron chi connectivity index (χ0n) is 23.7. The number of hydrogen-bond donors (Lipinski definition) is 2. The molecule has 0 aromatic heterocycles. The van der Waals surface area contributed by atoms with E-state index in [-0.39, 0.29) is 40.8 Å². The molecule has 1 fully saturated rings. The Kier molecular flexibility index (Phi) is 6.58. The fourth-order valence-electron chi connectivity index (χ4n) is 7.00. The molecule has 2 bridgehead atoms. The molecule has 1 aliphatic heterocycles. The number of para-hydroxylation sites is 1. The van der Waals surface area contributed by atoms with Gasteiger partial charge in [0, 0.05) is 30.1 Å². The normalized spacial score (nSPS) is 20.8. The van der Waals surface area contributed by atoms with Crippen LogP contribution in [-0.2, 0) is 23.9 Å². The molecule has 2 N–H and O–H groups in total. The summed E-state index contributed by atoms with van der Waals surface area (Å²) in [5, 5.41) is 5.27. The zero-order valence-corrected chi connectivity index (χ0v) is 23.7. The van der Waals surface area contributed by atoms with Crippen molar-refractivity contribution in [1.82, 2.24) is 0 Å². The number of carbonyl (C=O) groups excluding carboxylic acids is 5. The van der Waals surface area contributed by atoms with Crippen molar-refractivity contribution in [3.8, 4) is 0 Å². The Morgan fingerprint density at radius 3 is 1.61 bits per heavy atom. The van der Waals surface area contributed by atoms with Gasteiger partial charge in [0.15, 0.2) is 6.61 Å². The van der Waals surface area contributed by atoms with Crippen molar-refractivity contribution in [1.29, 1.82) is 0 Å². The number of amides is 4. The second kappa shape index (κ2) is 10.6. The summed E-state index contributed by atoms with van der Waals surface area (Å²) < 4.78 is 5.33. The van der Waals surface area contributed by atoms with Crippen LogP contribution in [0.2, 0.25) is 0 Å². The fraction of sp³-hybridized carbons (Fsp3) is 0.171. The molecule has 0 unspecified atom stereocenters. The molecule has 4 amide bonds. The van der Waals surface area contributed by atoms with Crippen molar-refractivity contribution in [2.45, 2.75) is 18.8 Å². The highest BCUT2D eigenvalue weighted by molar-refractivity contribution is 6.25. The van der Waals surface area contributed by atoms with Gasteiger partial charge in [0.1, 0.15) is 0 Å². The van der Waals surface area contributed by atoms with Crippen LogP contribution < -0.4 is 15.5 Å². The molecule has 8 rings (SSSR count). The molecule has 1 heterocycles. The number of nitrogens with one attached hydrogen (secondary N) is 2. The van der Waals surface area contributed by atoms with E-state index < -0.39 is 30.3 Å². The van der Waals surface area contributed by atoms with Crippen LogP contribution in [0.3, 0.4) is 0 Å². The van der Waals surface area contributed by atoms with Crippen LogP contribution in [0.4, 0.5) is 17.1 Å². The number of benzene rings is 4. The number of esters is 1. The summed E-state index contributed by atoms with van der Waals surface area (Å²) in [6.45, 7) is 0.815. The third-order valence-corrected chi connectivity index (χ3v) is 8.64. The number of hydrogen-bond acceptors (Lipinski definition) is 6. The minimum absolute atomic E-state index is 0.0164. The summed E-state index contributed by atoms with van der Waals surface area (Å²) >= 11 is 0. The van der Waals surface area contributed by atoms with E-state index in [1.54, 1.807) is 42.5 Å². The van der Waals surface area contributed by atoms with Gasteiger partial charge in [-0.2, -0.15) is 0 Å². The zero-order chi connectivity index (χ0) is 30.5. The minimum Gasteiger partial charge on any atom is -0.452 e. The Bertz CT molecular complexity index is 1750. The third-order valence-electron chi connectivity index (χ3n) is 8.64. The molecule has 218 valence electrons. The van der Waals surface area contributed by atoms with Crippen molar-refractivity contribution in [2.75, 3.05) is 22.1 Å². The van der Waals surface area contributed by atoms with Crippen LogP contribution in [0.15, 0.2) is 97.1 Å². The second-order valence-electron chi connectivity index (χ2n) is 11.2. The van der Waals surface area contributed by atoms with Gasteiger partial charge in [0.2, 0.25) is 17.7 Å². The van der Waals surface area contributed by atoms with Gasteiger partial charge >= 0.3 is 5.97 Å². The van der Waals surface area contributed by atoms with E-state index in [9.17, 15) is 24.0 Å². The van der Waals surface area contributed by atoms with Gasteiger partial charge < -0.3 is 15.4 Å². The number of imide groups is 1. The smallest absolute Gasteiger partial charge is 0.340 e. The fourth-order valence-corrected chi connectivity index (χ4v) is 7.00. The van der Waals surface area contributed by atoms with Crippen LogP contribution >= 0.6 is 0 Å². The van der Waals surface area contributed by atoms with Gasteiger partial charge in [0.25, 0.3) is 5.91 Å². The average Bonchev–Trinajstić information content (AvgIpc) is 3.30. The van der Waals surface area contributed by atoms with Gasteiger partial charge in [-0.3, -0.25) is 19.2 Å². The summed E-state index contributed by atoms with van der Waals surface area (Å²) in [5.74, 6) is -4.04. The molecule has 0 saturated carbocycles. The molecule has 44 heavy (non-hydrogen) atoms. The molecule has 0 radical (unpaired) electrons. The van der Waals surface area contributed by atoms with Crippen molar-refractivity contribution in [3.05, 3.63) is 125 Å². The lowest BCUT2D eigenvalue weighted by Crippen LogP contribution is -2.41. The van der Waals surface area contributed by atoms with Gasteiger partial charge in [-0.1, -0.05) is 60.7 Å². The maximum absolute atomic E-state index is 14.2. The summed E-state index contributed by atoms with van der Waals surface area (Å²) in [6, 6.07) is 28.7. The highest BCUT2D eigenvalue weighted by atomic mass is 16.5. The van der Waals surface area contributed by atoms with Crippen molar-refractivity contribution in [3.63, 3.8) is 0 Å². The van der Waals surface area contributed by atoms with Crippen LogP contribution in [-0.4, -0.2) is 36.2 Å². The van der Waals surface area contributed by atoms with E-state index in [4.69, 9.17) is 4.74 Å². The molecule has 9 heteroatoms. The molecule has 0 spiro atoms. The largest absolute Gasteiger partial charge is 0.452 e. The van der Waals surface area contributed by atoms with E-state index in [1.807, 2.05) is 48.5 Å². The Balaban J connectivity index is 1.12. The standard InChI is InChI=1S/C35H27N3O6/c1-19(39)36-20-14-16-21(17-15-20)37-28(40)18-44-35(43)26-12-6-7-13-27(26)38-33(41)31-29-22-8-2-3-9-23(22)30(32(31)34(38)42)25-11-5-4-10-24(25)29/h2-17,29-32H,18H2,1H3,(H,36,39)(H,37,40)/t29?,30?,31-,32-/m0/s1. The number of rotatable bonds is 6. The predicted octanol–water partition coefficient (Wildman–Crippen LogP) is 4.84. The Hall–Kier alpha value is -5.57. The van der Waals surface area contributed by atoms with Crippen LogP contribution in [0.5, 0.6) is 0 Å². The third kappa shape index (κ3) is 4.36. The van der Waals surface area contributed by atoms with Gasteiger partial charge in [-0.15, -0.1) is 0 Å². The number of anilines is 3. The van der Waals surface area contributed by atoms with E-state index in [0.29, 0.717) is 11.4 Å². The monoisotopic (exact) mass is 585 g/mol. The van der Waals surface area contributed by atoms with Crippen LogP contribution in [0, 0.1) is 11.8 Å². The van der Waals surface area contributed by atoms with Gasteiger partial charge in [-0.25, -0.2) is 9.69 Å². The molecular weight excluding hydrogens is 558 g/mol.